The standard InChI is InChI=1S/C18H17F6NO6S/c1-28-15-4-3-14(8-16(15)29-2)32(26,27)25-11-5-12(30-9-17(19,20)21)7-13(6-11)31-10-18(22,23)24/h3-8,25H,9-10H2,1-2H3. The highest BCUT2D eigenvalue weighted by Crippen LogP contribution is 2.33. The zero-order valence-electron chi connectivity index (χ0n) is 16.5. The van der Waals surface area contributed by atoms with Crippen LogP contribution in [0.15, 0.2) is 41.3 Å². The summed E-state index contributed by atoms with van der Waals surface area (Å²) in [5, 5.41) is 0. The van der Waals surface area contributed by atoms with Gasteiger partial charge >= 0.3 is 12.4 Å². The summed E-state index contributed by atoms with van der Waals surface area (Å²) in [5.41, 5.74) is -0.392. The van der Waals surface area contributed by atoms with Crippen LogP contribution in [0.3, 0.4) is 0 Å². The van der Waals surface area contributed by atoms with Crippen LogP contribution in [0.4, 0.5) is 32.0 Å². The number of anilines is 1. The first-order chi connectivity index (χ1) is 14.7. The molecule has 0 unspecified atom stereocenters. The van der Waals surface area contributed by atoms with Crippen molar-refractivity contribution in [3.05, 3.63) is 36.4 Å². The molecule has 1 N–H and O–H groups in total. The van der Waals surface area contributed by atoms with E-state index < -0.39 is 52.8 Å². The fourth-order valence-corrected chi connectivity index (χ4v) is 3.38. The quantitative estimate of drug-likeness (QED) is 0.527. The van der Waals surface area contributed by atoms with Crippen molar-refractivity contribution < 1.29 is 53.7 Å². The number of hydrogen-bond acceptors (Lipinski definition) is 6. The van der Waals surface area contributed by atoms with Gasteiger partial charge < -0.3 is 18.9 Å². The fraction of sp³-hybridized carbons (Fsp3) is 0.333. The Morgan fingerprint density at radius 2 is 1.28 bits per heavy atom. The van der Waals surface area contributed by atoms with E-state index in [9.17, 15) is 34.8 Å². The number of rotatable bonds is 9. The van der Waals surface area contributed by atoms with E-state index in [1.165, 1.54) is 20.3 Å². The fourth-order valence-electron chi connectivity index (χ4n) is 2.33. The summed E-state index contributed by atoms with van der Waals surface area (Å²) >= 11 is 0. The van der Waals surface area contributed by atoms with Crippen molar-refractivity contribution in [3.63, 3.8) is 0 Å². The molecule has 32 heavy (non-hydrogen) atoms. The van der Waals surface area contributed by atoms with Crippen molar-refractivity contribution in [2.24, 2.45) is 0 Å². The molecule has 0 fully saturated rings. The van der Waals surface area contributed by atoms with Crippen molar-refractivity contribution in [1.82, 2.24) is 0 Å². The molecule has 0 spiro atoms. The van der Waals surface area contributed by atoms with Gasteiger partial charge in [0.25, 0.3) is 10.0 Å². The van der Waals surface area contributed by atoms with Crippen LogP contribution in [-0.2, 0) is 10.0 Å². The lowest BCUT2D eigenvalue weighted by atomic mass is 10.3. The maximum absolute atomic E-state index is 12.7. The number of ether oxygens (including phenoxy) is 4. The molecule has 14 heteroatoms. The zero-order chi connectivity index (χ0) is 24.2. The molecule has 0 bridgehead atoms. The number of nitrogens with one attached hydrogen (secondary N) is 1. The average molecular weight is 489 g/mol. The zero-order valence-corrected chi connectivity index (χ0v) is 17.3. The number of sulfonamides is 1. The van der Waals surface area contributed by atoms with Gasteiger partial charge in [0.05, 0.1) is 24.8 Å². The van der Waals surface area contributed by atoms with Gasteiger partial charge in [-0.15, -0.1) is 0 Å². The van der Waals surface area contributed by atoms with E-state index >= 15 is 0 Å². The predicted octanol–water partition coefficient (Wildman–Crippen LogP) is 4.39. The Hall–Kier alpha value is -3.03. The van der Waals surface area contributed by atoms with Gasteiger partial charge in [0.1, 0.15) is 11.5 Å². The van der Waals surface area contributed by atoms with Crippen LogP contribution in [0.2, 0.25) is 0 Å². The second-order valence-electron chi connectivity index (χ2n) is 6.12. The van der Waals surface area contributed by atoms with E-state index in [1.54, 1.807) is 0 Å². The SMILES string of the molecule is COc1ccc(S(=O)(=O)Nc2cc(OCC(F)(F)F)cc(OCC(F)(F)F)c2)cc1OC. The summed E-state index contributed by atoms with van der Waals surface area (Å²) in [6, 6.07) is 6.08. The maximum Gasteiger partial charge on any atom is 0.422 e. The summed E-state index contributed by atoms with van der Waals surface area (Å²) in [6.45, 7) is -3.50. The highest BCUT2D eigenvalue weighted by Gasteiger charge is 2.30. The minimum atomic E-state index is -4.73. The Morgan fingerprint density at radius 3 is 1.72 bits per heavy atom. The predicted molar refractivity (Wildman–Crippen MR) is 99.9 cm³/mol. The van der Waals surface area contributed by atoms with Crippen LogP contribution >= 0.6 is 0 Å². The maximum atomic E-state index is 12.7. The topological polar surface area (TPSA) is 83.1 Å². The van der Waals surface area contributed by atoms with Gasteiger partial charge in [-0.3, -0.25) is 4.72 Å². The van der Waals surface area contributed by atoms with E-state index in [2.05, 4.69) is 14.2 Å². The average Bonchev–Trinajstić information content (AvgIpc) is 2.68. The molecule has 2 rings (SSSR count). The van der Waals surface area contributed by atoms with Gasteiger partial charge in [-0.05, 0) is 12.1 Å². The molecule has 0 radical (unpaired) electrons. The number of hydrogen-bond donors (Lipinski definition) is 1. The third-order valence-corrected chi connectivity index (χ3v) is 4.98. The smallest absolute Gasteiger partial charge is 0.422 e. The summed E-state index contributed by atoms with van der Waals surface area (Å²) in [5.74, 6) is -0.817. The first kappa shape index (κ1) is 25.2. The van der Waals surface area contributed by atoms with E-state index in [4.69, 9.17) is 9.47 Å². The molecule has 2 aromatic carbocycles. The molecule has 0 aliphatic heterocycles. The highest BCUT2D eigenvalue weighted by atomic mass is 32.2. The summed E-state index contributed by atoms with van der Waals surface area (Å²) < 4.78 is 121. The first-order valence-electron chi connectivity index (χ1n) is 8.51. The molecule has 0 aliphatic carbocycles. The molecule has 0 aliphatic rings. The summed E-state index contributed by atoms with van der Waals surface area (Å²) in [4.78, 5) is -0.311. The summed E-state index contributed by atoms with van der Waals surface area (Å²) in [6.07, 6.45) is -9.47. The molecule has 7 nitrogen and oxygen atoms in total. The molecule has 0 aromatic heterocycles. The number of benzene rings is 2. The van der Waals surface area contributed by atoms with Crippen LogP contribution in [0.1, 0.15) is 0 Å². The Labute approximate surface area is 178 Å². The minimum absolute atomic E-state index is 0.0758. The number of alkyl halides is 6. The second-order valence-corrected chi connectivity index (χ2v) is 7.81. The van der Waals surface area contributed by atoms with E-state index in [1.807, 2.05) is 0 Å². The van der Waals surface area contributed by atoms with Gasteiger partial charge in [-0.25, -0.2) is 8.42 Å². The molecule has 0 saturated heterocycles. The van der Waals surface area contributed by atoms with Gasteiger partial charge in [0.15, 0.2) is 24.7 Å². The van der Waals surface area contributed by atoms with Crippen molar-refractivity contribution in [1.29, 1.82) is 0 Å². The molecule has 178 valence electrons. The van der Waals surface area contributed by atoms with E-state index in [0.717, 1.165) is 30.3 Å². The highest BCUT2D eigenvalue weighted by molar-refractivity contribution is 7.92. The van der Waals surface area contributed by atoms with Crippen LogP contribution < -0.4 is 23.7 Å². The Balaban J connectivity index is 2.37. The molecule has 0 saturated carbocycles. The second kappa shape index (κ2) is 9.63. The lowest BCUT2D eigenvalue weighted by molar-refractivity contribution is -0.153. The van der Waals surface area contributed by atoms with Gasteiger partial charge in [-0.1, -0.05) is 0 Å². The molecular weight excluding hydrogens is 472 g/mol. The third kappa shape index (κ3) is 7.59. The van der Waals surface area contributed by atoms with Crippen LogP contribution in [0.5, 0.6) is 23.0 Å². The third-order valence-electron chi connectivity index (χ3n) is 3.60. The van der Waals surface area contributed by atoms with Gasteiger partial charge in [0.2, 0.25) is 0 Å². The number of methoxy groups -OCH3 is 2. The lowest BCUT2D eigenvalue weighted by Crippen LogP contribution is -2.20. The monoisotopic (exact) mass is 489 g/mol. The van der Waals surface area contributed by atoms with Gasteiger partial charge in [0, 0.05) is 24.3 Å². The van der Waals surface area contributed by atoms with Crippen molar-refractivity contribution >= 4 is 15.7 Å². The Morgan fingerprint density at radius 1 is 0.781 bits per heavy atom. The Kier molecular flexibility index (Phi) is 7.59. The van der Waals surface area contributed by atoms with E-state index in [0.29, 0.717) is 0 Å². The molecule has 0 amide bonds. The van der Waals surface area contributed by atoms with E-state index in [-0.39, 0.29) is 16.4 Å². The van der Waals surface area contributed by atoms with Crippen molar-refractivity contribution in [2.75, 3.05) is 32.2 Å². The minimum Gasteiger partial charge on any atom is -0.493 e. The molecular formula is C18H17F6NO6S. The normalized spacial score (nSPS) is 12.2. The molecule has 2 aromatic rings. The van der Waals surface area contributed by atoms with Crippen LogP contribution in [-0.4, -0.2) is 48.2 Å². The lowest BCUT2D eigenvalue weighted by Gasteiger charge is -2.16. The Bertz CT molecular complexity index is 1000. The summed E-state index contributed by atoms with van der Waals surface area (Å²) in [7, 11) is -1.73. The van der Waals surface area contributed by atoms with Crippen LogP contribution in [0.25, 0.3) is 0 Å². The van der Waals surface area contributed by atoms with Crippen molar-refractivity contribution in [3.8, 4) is 23.0 Å². The van der Waals surface area contributed by atoms with Gasteiger partial charge in [-0.2, -0.15) is 26.3 Å². The van der Waals surface area contributed by atoms with Crippen LogP contribution in [0, 0.1) is 0 Å². The first-order valence-corrected chi connectivity index (χ1v) is 10.00. The van der Waals surface area contributed by atoms with Crippen molar-refractivity contribution in [2.45, 2.75) is 17.2 Å². The largest absolute Gasteiger partial charge is 0.493 e. The number of halogens is 6. The molecule has 0 heterocycles. The molecule has 0 atom stereocenters.